The summed E-state index contributed by atoms with van der Waals surface area (Å²) < 4.78 is 0.781. The highest BCUT2D eigenvalue weighted by Gasteiger charge is 2.37. The van der Waals surface area contributed by atoms with Crippen LogP contribution < -0.4 is 0 Å². The molecule has 2 N–H and O–H groups in total. The van der Waals surface area contributed by atoms with Crippen molar-refractivity contribution in [2.45, 2.75) is 13.3 Å². The number of halogens is 2. The van der Waals surface area contributed by atoms with Gasteiger partial charge in [-0.2, -0.15) is 0 Å². The van der Waals surface area contributed by atoms with Crippen LogP contribution in [0.5, 0.6) is 0 Å². The topological polar surface area (TPSA) is 94.9 Å². The fourth-order valence-electron chi connectivity index (χ4n) is 2.66. The van der Waals surface area contributed by atoms with Crippen LogP contribution in [-0.2, 0) is 9.59 Å². The SMILES string of the molecule is Cc1c(Cl)cc(I)cc1C(=O)N1CC(C(=O)O)CC(C(=O)O)C1. The van der Waals surface area contributed by atoms with Crippen molar-refractivity contribution in [3.05, 3.63) is 31.9 Å². The Hall–Kier alpha value is -1.35. The molecule has 0 radical (unpaired) electrons. The minimum Gasteiger partial charge on any atom is -0.481 e. The molecule has 1 saturated heterocycles. The van der Waals surface area contributed by atoms with E-state index < -0.39 is 23.8 Å². The highest BCUT2D eigenvalue weighted by Crippen LogP contribution is 2.28. The number of carboxylic acid groups (broad SMARTS) is 2. The molecule has 0 spiro atoms. The van der Waals surface area contributed by atoms with E-state index in [0.29, 0.717) is 16.1 Å². The van der Waals surface area contributed by atoms with Crippen molar-refractivity contribution in [3.63, 3.8) is 0 Å². The van der Waals surface area contributed by atoms with E-state index in [1.807, 2.05) is 22.6 Å². The van der Waals surface area contributed by atoms with Crippen molar-refractivity contribution in [2.24, 2.45) is 11.8 Å². The summed E-state index contributed by atoms with van der Waals surface area (Å²) in [6, 6.07) is 3.40. The minimum atomic E-state index is -1.09. The Morgan fingerprint density at radius 2 is 1.70 bits per heavy atom. The summed E-state index contributed by atoms with van der Waals surface area (Å²) in [5.74, 6) is -4.34. The van der Waals surface area contributed by atoms with Gasteiger partial charge >= 0.3 is 11.9 Å². The molecule has 1 aromatic rings. The summed E-state index contributed by atoms with van der Waals surface area (Å²) in [7, 11) is 0. The molecule has 1 aromatic carbocycles. The predicted octanol–water partition coefficient (Wildman–Crippen LogP) is 2.50. The van der Waals surface area contributed by atoms with E-state index in [-0.39, 0.29) is 25.4 Å². The van der Waals surface area contributed by atoms with Crippen LogP contribution in [0, 0.1) is 22.3 Å². The predicted molar refractivity (Wildman–Crippen MR) is 91.7 cm³/mol. The second kappa shape index (κ2) is 7.04. The van der Waals surface area contributed by atoms with Gasteiger partial charge < -0.3 is 15.1 Å². The number of nitrogens with zero attached hydrogens (tertiary/aromatic N) is 1. The zero-order valence-corrected chi connectivity index (χ0v) is 15.2. The summed E-state index contributed by atoms with van der Waals surface area (Å²) in [5.41, 5.74) is 0.971. The fraction of sp³-hybridized carbons (Fsp3) is 0.400. The van der Waals surface area contributed by atoms with E-state index in [4.69, 9.17) is 11.6 Å². The molecule has 2 atom stereocenters. The third kappa shape index (κ3) is 3.95. The Kier molecular flexibility index (Phi) is 5.51. The lowest BCUT2D eigenvalue weighted by molar-refractivity contribution is -0.148. The van der Waals surface area contributed by atoms with Gasteiger partial charge in [-0.3, -0.25) is 14.4 Å². The first-order chi connectivity index (χ1) is 10.7. The van der Waals surface area contributed by atoms with Gasteiger partial charge in [-0.05, 0) is 53.6 Å². The summed E-state index contributed by atoms with van der Waals surface area (Å²) in [5, 5.41) is 18.8. The zero-order valence-electron chi connectivity index (χ0n) is 12.3. The number of hydrogen-bond donors (Lipinski definition) is 2. The van der Waals surface area contributed by atoms with Crippen molar-refractivity contribution in [1.82, 2.24) is 4.90 Å². The number of carboxylic acids is 2. The Morgan fingerprint density at radius 1 is 1.17 bits per heavy atom. The molecule has 0 saturated carbocycles. The summed E-state index contributed by atoms with van der Waals surface area (Å²) in [6.45, 7) is 1.71. The zero-order chi connectivity index (χ0) is 17.3. The van der Waals surface area contributed by atoms with Gasteiger partial charge in [0.05, 0.1) is 11.8 Å². The standard InChI is InChI=1S/C15H15ClINO5/c1-7-11(3-10(17)4-12(7)16)13(19)18-5-8(14(20)21)2-9(6-18)15(22)23/h3-4,8-9H,2,5-6H2,1H3,(H,20,21)(H,22,23). The Balaban J connectivity index is 2.34. The van der Waals surface area contributed by atoms with Crippen LogP contribution >= 0.6 is 34.2 Å². The maximum atomic E-state index is 12.7. The molecule has 2 rings (SSSR count). The van der Waals surface area contributed by atoms with Crippen molar-refractivity contribution >= 4 is 52.0 Å². The Labute approximate surface area is 151 Å². The summed E-state index contributed by atoms with van der Waals surface area (Å²) in [6.07, 6.45) is 0.0283. The number of carbonyl (C=O) groups is 3. The molecule has 1 amide bonds. The van der Waals surface area contributed by atoms with Crippen molar-refractivity contribution in [1.29, 1.82) is 0 Å². The van der Waals surface area contributed by atoms with Gasteiger partial charge in [0.15, 0.2) is 0 Å². The van der Waals surface area contributed by atoms with Gasteiger partial charge in [-0.1, -0.05) is 11.6 Å². The molecule has 0 aromatic heterocycles. The fourth-order valence-corrected chi connectivity index (χ4v) is 3.69. The number of rotatable bonds is 3. The van der Waals surface area contributed by atoms with Gasteiger partial charge in [0.1, 0.15) is 0 Å². The molecule has 1 fully saturated rings. The van der Waals surface area contributed by atoms with Crippen LogP contribution in [0.3, 0.4) is 0 Å². The van der Waals surface area contributed by atoms with E-state index in [1.54, 1.807) is 19.1 Å². The highest BCUT2D eigenvalue weighted by molar-refractivity contribution is 14.1. The van der Waals surface area contributed by atoms with E-state index in [0.717, 1.165) is 3.57 Å². The van der Waals surface area contributed by atoms with Crippen molar-refractivity contribution in [2.75, 3.05) is 13.1 Å². The maximum Gasteiger partial charge on any atom is 0.308 e. The molecule has 1 aliphatic rings. The van der Waals surface area contributed by atoms with Crippen LogP contribution in [0.1, 0.15) is 22.3 Å². The Morgan fingerprint density at radius 3 is 2.17 bits per heavy atom. The van der Waals surface area contributed by atoms with Crippen LogP contribution in [0.4, 0.5) is 0 Å². The largest absolute Gasteiger partial charge is 0.481 e. The molecule has 2 unspecified atom stereocenters. The van der Waals surface area contributed by atoms with E-state index in [2.05, 4.69) is 0 Å². The minimum absolute atomic E-state index is 0.000475. The first kappa shape index (κ1) is 18.0. The molecule has 0 bridgehead atoms. The average molecular weight is 452 g/mol. The van der Waals surface area contributed by atoms with E-state index in [9.17, 15) is 24.6 Å². The molecule has 1 aliphatic heterocycles. The molecular weight excluding hydrogens is 437 g/mol. The molecule has 8 heteroatoms. The van der Waals surface area contributed by atoms with Crippen LogP contribution in [0.25, 0.3) is 0 Å². The smallest absolute Gasteiger partial charge is 0.308 e. The molecule has 6 nitrogen and oxygen atoms in total. The van der Waals surface area contributed by atoms with Crippen LogP contribution in [0.15, 0.2) is 12.1 Å². The number of piperidine rings is 1. The Bertz CT molecular complexity index is 656. The van der Waals surface area contributed by atoms with Crippen LogP contribution in [-0.4, -0.2) is 46.0 Å². The quantitative estimate of drug-likeness (QED) is 0.689. The monoisotopic (exact) mass is 451 g/mol. The van der Waals surface area contributed by atoms with E-state index in [1.165, 1.54) is 4.90 Å². The lowest BCUT2D eigenvalue weighted by atomic mass is 9.88. The first-order valence-electron chi connectivity index (χ1n) is 6.91. The number of amides is 1. The highest BCUT2D eigenvalue weighted by atomic mass is 127. The van der Waals surface area contributed by atoms with Gasteiger partial charge in [-0.15, -0.1) is 0 Å². The second-order valence-corrected chi connectivity index (χ2v) is 7.23. The van der Waals surface area contributed by atoms with Gasteiger partial charge in [0.2, 0.25) is 0 Å². The third-order valence-electron chi connectivity index (χ3n) is 3.98. The summed E-state index contributed by atoms with van der Waals surface area (Å²) in [4.78, 5) is 36.5. The molecule has 0 aliphatic carbocycles. The normalized spacial score (nSPS) is 21.1. The third-order valence-corrected chi connectivity index (χ3v) is 4.99. The van der Waals surface area contributed by atoms with E-state index >= 15 is 0 Å². The number of benzene rings is 1. The number of hydrogen-bond acceptors (Lipinski definition) is 3. The van der Waals surface area contributed by atoms with Crippen molar-refractivity contribution < 1.29 is 24.6 Å². The van der Waals surface area contributed by atoms with Crippen LogP contribution in [0.2, 0.25) is 5.02 Å². The molecular formula is C15H15ClINO5. The molecule has 23 heavy (non-hydrogen) atoms. The number of carbonyl (C=O) groups excluding carboxylic acids is 1. The van der Waals surface area contributed by atoms with Gasteiger partial charge in [0.25, 0.3) is 5.91 Å². The van der Waals surface area contributed by atoms with Gasteiger partial charge in [-0.25, -0.2) is 0 Å². The first-order valence-corrected chi connectivity index (χ1v) is 8.37. The average Bonchev–Trinajstić information content (AvgIpc) is 2.49. The maximum absolute atomic E-state index is 12.7. The lowest BCUT2D eigenvalue weighted by Crippen LogP contribution is -2.48. The summed E-state index contributed by atoms with van der Waals surface area (Å²) >= 11 is 8.13. The number of likely N-dealkylation sites (tertiary alicyclic amines) is 1. The van der Waals surface area contributed by atoms with Crippen molar-refractivity contribution in [3.8, 4) is 0 Å². The molecule has 1 heterocycles. The van der Waals surface area contributed by atoms with Gasteiger partial charge in [0, 0.05) is 27.2 Å². The molecule has 124 valence electrons. The second-order valence-electron chi connectivity index (χ2n) is 5.58. The number of aliphatic carboxylic acids is 2. The lowest BCUT2D eigenvalue weighted by Gasteiger charge is -2.34.